The van der Waals surface area contributed by atoms with Crippen LogP contribution in [0.4, 0.5) is 0 Å². The lowest BCUT2D eigenvalue weighted by atomic mass is 10.1. The Hall–Kier alpha value is -1.99. The fourth-order valence-corrected chi connectivity index (χ4v) is 3.43. The standard InChI is InChI=1S/C20H29N5OS/c1-20(2,3)21-17(26)13-23(4)14-25-19(27)24(18(22-25)16-10-11-16)12-15-8-6-5-7-9-15/h5-9,16H,10-14H2,1-4H3,(H,21,26)/p+1. The summed E-state index contributed by atoms with van der Waals surface area (Å²) in [5, 5.41) is 7.82. The summed E-state index contributed by atoms with van der Waals surface area (Å²) in [5.74, 6) is 1.63. The molecule has 1 heterocycles. The van der Waals surface area contributed by atoms with E-state index in [9.17, 15) is 4.79 Å². The van der Waals surface area contributed by atoms with Gasteiger partial charge in [-0.3, -0.25) is 9.36 Å². The van der Waals surface area contributed by atoms with Crippen molar-refractivity contribution in [1.82, 2.24) is 19.7 Å². The molecule has 1 fully saturated rings. The Balaban J connectivity index is 1.73. The lowest BCUT2D eigenvalue weighted by Gasteiger charge is -2.21. The van der Waals surface area contributed by atoms with Gasteiger partial charge in [0.1, 0.15) is 5.82 Å². The maximum Gasteiger partial charge on any atom is 0.275 e. The quantitative estimate of drug-likeness (QED) is 0.710. The molecule has 0 aliphatic heterocycles. The number of likely N-dealkylation sites (N-methyl/N-ethyl adjacent to an activating group) is 1. The Morgan fingerprint density at radius 2 is 1.96 bits per heavy atom. The van der Waals surface area contributed by atoms with E-state index in [1.807, 2.05) is 50.7 Å². The van der Waals surface area contributed by atoms with Gasteiger partial charge in [0.05, 0.1) is 13.6 Å². The minimum absolute atomic E-state index is 0.0395. The van der Waals surface area contributed by atoms with Gasteiger partial charge in [-0.2, -0.15) is 9.78 Å². The zero-order chi connectivity index (χ0) is 19.6. The van der Waals surface area contributed by atoms with Gasteiger partial charge in [-0.25, -0.2) is 0 Å². The summed E-state index contributed by atoms with van der Waals surface area (Å²) in [5.41, 5.74) is 1.00. The Labute approximate surface area is 166 Å². The number of rotatable bonds is 7. The number of benzene rings is 1. The molecule has 0 spiro atoms. The van der Waals surface area contributed by atoms with Crippen molar-refractivity contribution in [1.29, 1.82) is 0 Å². The molecule has 2 aromatic rings. The van der Waals surface area contributed by atoms with Gasteiger partial charge in [0, 0.05) is 11.5 Å². The van der Waals surface area contributed by atoms with E-state index in [1.165, 1.54) is 18.4 Å². The maximum absolute atomic E-state index is 12.2. The van der Waals surface area contributed by atoms with E-state index < -0.39 is 0 Å². The predicted octanol–water partition coefficient (Wildman–Crippen LogP) is 1.73. The Bertz CT molecular complexity index is 845. The molecule has 1 aromatic heterocycles. The van der Waals surface area contributed by atoms with E-state index >= 15 is 0 Å². The molecule has 27 heavy (non-hydrogen) atoms. The van der Waals surface area contributed by atoms with Crippen molar-refractivity contribution < 1.29 is 9.69 Å². The number of hydrogen-bond donors (Lipinski definition) is 2. The molecule has 146 valence electrons. The molecule has 1 aromatic carbocycles. The molecule has 1 aliphatic carbocycles. The van der Waals surface area contributed by atoms with Crippen molar-refractivity contribution >= 4 is 18.1 Å². The van der Waals surface area contributed by atoms with E-state index in [0.717, 1.165) is 22.0 Å². The highest BCUT2D eigenvalue weighted by Gasteiger charge is 2.30. The van der Waals surface area contributed by atoms with Gasteiger partial charge < -0.3 is 10.2 Å². The first-order valence-corrected chi connectivity index (χ1v) is 9.97. The summed E-state index contributed by atoms with van der Waals surface area (Å²) in [6, 6.07) is 10.3. The van der Waals surface area contributed by atoms with Crippen molar-refractivity contribution in [2.45, 2.75) is 58.3 Å². The highest BCUT2D eigenvalue weighted by atomic mass is 32.1. The van der Waals surface area contributed by atoms with E-state index in [4.69, 9.17) is 17.3 Å². The van der Waals surface area contributed by atoms with Gasteiger partial charge in [-0.05, 0) is 51.4 Å². The van der Waals surface area contributed by atoms with Crippen LogP contribution in [0, 0.1) is 4.77 Å². The summed E-state index contributed by atoms with van der Waals surface area (Å²) >= 11 is 5.73. The van der Waals surface area contributed by atoms with Crippen LogP contribution in [0.3, 0.4) is 0 Å². The van der Waals surface area contributed by atoms with Crippen LogP contribution in [-0.2, 0) is 18.0 Å². The molecule has 1 atom stereocenters. The topological polar surface area (TPSA) is 56.3 Å². The van der Waals surface area contributed by atoms with Gasteiger partial charge in [0.2, 0.25) is 4.77 Å². The summed E-state index contributed by atoms with van der Waals surface area (Å²) in [7, 11) is 2.00. The van der Waals surface area contributed by atoms with E-state index in [1.54, 1.807) is 0 Å². The lowest BCUT2D eigenvalue weighted by Crippen LogP contribution is -3.09. The zero-order valence-electron chi connectivity index (χ0n) is 16.7. The highest BCUT2D eigenvalue weighted by molar-refractivity contribution is 7.71. The van der Waals surface area contributed by atoms with Crippen LogP contribution in [0.2, 0.25) is 0 Å². The predicted molar refractivity (Wildman–Crippen MR) is 108 cm³/mol. The number of nitrogens with zero attached hydrogens (tertiary/aromatic N) is 3. The largest absolute Gasteiger partial charge is 0.347 e. The number of nitrogens with one attached hydrogen (secondary N) is 2. The van der Waals surface area contributed by atoms with Crippen molar-refractivity contribution in [3.63, 3.8) is 0 Å². The molecular weight excluding hydrogens is 358 g/mol. The first kappa shape index (κ1) is 19.8. The number of quaternary nitrogens is 1. The molecule has 3 rings (SSSR count). The van der Waals surface area contributed by atoms with Gasteiger partial charge in [0.25, 0.3) is 5.91 Å². The number of carbonyl (C=O) groups is 1. The molecule has 0 saturated heterocycles. The second-order valence-corrected chi connectivity index (χ2v) is 8.94. The lowest BCUT2D eigenvalue weighted by molar-refractivity contribution is -0.895. The summed E-state index contributed by atoms with van der Waals surface area (Å²) in [6.07, 6.45) is 2.36. The minimum atomic E-state index is -0.218. The van der Waals surface area contributed by atoms with Gasteiger partial charge in [0.15, 0.2) is 13.2 Å². The third kappa shape index (κ3) is 5.49. The summed E-state index contributed by atoms with van der Waals surface area (Å²) < 4.78 is 4.77. The molecule has 1 amide bonds. The van der Waals surface area contributed by atoms with Crippen molar-refractivity contribution in [3.05, 3.63) is 46.5 Å². The number of carbonyl (C=O) groups excluding carboxylic acids is 1. The summed E-state index contributed by atoms with van der Waals surface area (Å²) in [4.78, 5) is 13.2. The Kier molecular flexibility index (Phi) is 5.81. The van der Waals surface area contributed by atoms with Crippen molar-refractivity contribution in [2.24, 2.45) is 0 Å². The van der Waals surface area contributed by atoms with Gasteiger partial charge >= 0.3 is 0 Å². The molecule has 2 N–H and O–H groups in total. The maximum atomic E-state index is 12.2. The Morgan fingerprint density at radius 3 is 2.56 bits per heavy atom. The third-order valence-electron chi connectivity index (χ3n) is 4.47. The van der Waals surface area contributed by atoms with E-state index in [2.05, 4.69) is 22.0 Å². The van der Waals surface area contributed by atoms with Gasteiger partial charge in [-0.15, -0.1) is 0 Å². The van der Waals surface area contributed by atoms with Crippen LogP contribution in [0.5, 0.6) is 0 Å². The van der Waals surface area contributed by atoms with Crippen LogP contribution in [0.1, 0.15) is 50.9 Å². The molecule has 0 radical (unpaired) electrons. The average molecular weight is 389 g/mol. The van der Waals surface area contributed by atoms with E-state index in [0.29, 0.717) is 19.1 Å². The molecule has 0 bridgehead atoms. The monoisotopic (exact) mass is 388 g/mol. The van der Waals surface area contributed by atoms with Crippen LogP contribution in [0.15, 0.2) is 30.3 Å². The molecule has 1 aliphatic rings. The van der Waals surface area contributed by atoms with Crippen molar-refractivity contribution in [3.8, 4) is 0 Å². The highest BCUT2D eigenvalue weighted by Crippen LogP contribution is 2.39. The van der Waals surface area contributed by atoms with Crippen LogP contribution in [0.25, 0.3) is 0 Å². The minimum Gasteiger partial charge on any atom is -0.347 e. The second kappa shape index (κ2) is 7.94. The van der Waals surface area contributed by atoms with Crippen LogP contribution >= 0.6 is 12.2 Å². The number of hydrogen-bond acceptors (Lipinski definition) is 3. The van der Waals surface area contributed by atoms with Crippen molar-refractivity contribution in [2.75, 3.05) is 13.6 Å². The molecule has 7 heteroatoms. The molecule has 6 nitrogen and oxygen atoms in total. The number of aromatic nitrogens is 3. The Morgan fingerprint density at radius 1 is 1.30 bits per heavy atom. The zero-order valence-corrected chi connectivity index (χ0v) is 17.5. The average Bonchev–Trinajstić information content (AvgIpc) is 3.36. The third-order valence-corrected chi connectivity index (χ3v) is 4.91. The molecule has 1 unspecified atom stereocenters. The number of amides is 1. The SMILES string of the molecule is C[NH+](CC(=O)NC(C)(C)C)Cn1nc(C2CC2)n(Cc2ccccc2)c1=S. The van der Waals surface area contributed by atoms with Crippen LogP contribution in [-0.4, -0.2) is 39.4 Å². The first-order chi connectivity index (χ1) is 12.7. The normalized spacial score (nSPS) is 15.6. The summed E-state index contributed by atoms with van der Waals surface area (Å²) in [6.45, 7) is 7.69. The van der Waals surface area contributed by atoms with Crippen LogP contribution < -0.4 is 10.2 Å². The smallest absolute Gasteiger partial charge is 0.275 e. The molecule has 1 saturated carbocycles. The van der Waals surface area contributed by atoms with E-state index in [-0.39, 0.29) is 11.4 Å². The van der Waals surface area contributed by atoms with Gasteiger partial charge in [-0.1, -0.05) is 30.3 Å². The fraction of sp³-hybridized carbons (Fsp3) is 0.550. The second-order valence-electron chi connectivity index (χ2n) is 8.58. The molecular formula is C20H30N5OS+. The fourth-order valence-electron chi connectivity index (χ4n) is 3.17. The first-order valence-electron chi connectivity index (χ1n) is 9.57.